The van der Waals surface area contributed by atoms with Crippen LogP contribution in [0.1, 0.15) is 16.7 Å². The number of nitrogens with zero attached hydrogens (tertiary/aromatic N) is 9. The normalized spacial score (nSPS) is 11.4. The van der Waals surface area contributed by atoms with E-state index in [0.717, 1.165) is 34.1 Å². The third-order valence-electron chi connectivity index (χ3n) is 9.45. The number of hydrogen-bond acceptors (Lipinski definition) is 9. The lowest BCUT2D eigenvalue weighted by Crippen LogP contribution is -2.66. The molecule has 50 heavy (non-hydrogen) atoms. The molecule has 11 heteroatoms. The first kappa shape index (κ1) is 40.8. The van der Waals surface area contributed by atoms with Crippen molar-refractivity contribution in [3.8, 4) is 0 Å². The van der Waals surface area contributed by atoms with Crippen molar-refractivity contribution in [2.24, 2.45) is 0 Å². The van der Waals surface area contributed by atoms with Gasteiger partial charge in [0.05, 0.1) is 51.2 Å². The van der Waals surface area contributed by atoms with Crippen LogP contribution in [-0.2, 0) is 0 Å². The van der Waals surface area contributed by atoms with E-state index in [9.17, 15) is 0 Å². The van der Waals surface area contributed by atoms with Crippen molar-refractivity contribution in [2.75, 3.05) is 171 Å². The summed E-state index contributed by atoms with van der Waals surface area (Å²) < 4.78 is 0. The molecule has 0 aliphatic rings. The molecule has 0 aromatic heterocycles. The predicted octanol–water partition coefficient (Wildman–Crippen LogP) is 4.41. The minimum absolute atomic E-state index is 1.14. The fourth-order valence-corrected chi connectivity index (χ4v) is 13.3. The minimum Gasteiger partial charge on any atom is -0.376 e. The maximum atomic E-state index is 8.97. The molecule has 0 fully saturated rings. The number of benzene rings is 3. The number of halogens is 1. The SMILES string of the molecule is Cc1cc([Si](Cl)(c2cc(C)c(N(C)C)c(N(C)C)c2N(C)C)c2cc(C)c(N(C)C)c(N(C)C)c2N(C)C)c(N(C)C)c(N(C)C)c1N(C)C. The molecule has 0 N–H and O–H groups in total. The Kier molecular flexibility index (Phi) is 12.2. The minimum atomic E-state index is -3.49. The Labute approximate surface area is 310 Å². The van der Waals surface area contributed by atoms with Gasteiger partial charge in [0.15, 0.2) is 0 Å². The molecule has 0 amide bonds. The summed E-state index contributed by atoms with van der Waals surface area (Å²) in [6.07, 6.45) is 0. The van der Waals surface area contributed by atoms with Crippen molar-refractivity contribution in [3.63, 3.8) is 0 Å². The fourth-order valence-electron chi connectivity index (χ4n) is 7.88. The zero-order valence-electron chi connectivity index (χ0n) is 35.1. The van der Waals surface area contributed by atoms with Crippen LogP contribution < -0.4 is 59.7 Å². The molecule has 0 heterocycles. The van der Waals surface area contributed by atoms with Crippen molar-refractivity contribution in [2.45, 2.75) is 20.8 Å². The molecule has 0 unspecified atom stereocenters. The molecular formula is C39H66ClN9Si. The van der Waals surface area contributed by atoms with Crippen molar-refractivity contribution >= 4 is 85.2 Å². The van der Waals surface area contributed by atoms with Gasteiger partial charge in [-0.25, -0.2) is 0 Å². The van der Waals surface area contributed by atoms with Crippen LogP contribution in [-0.4, -0.2) is 134 Å². The second kappa shape index (κ2) is 14.9. The van der Waals surface area contributed by atoms with E-state index in [1.165, 1.54) is 49.3 Å². The molecule has 3 rings (SSSR count). The second-order valence-electron chi connectivity index (χ2n) is 15.6. The lowest BCUT2D eigenvalue weighted by molar-refractivity contribution is 1.04. The Hall–Kier alpha value is -3.63. The topological polar surface area (TPSA) is 29.2 Å². The van der Waals surface area contributed by atoms with Crippen LogP contribution in [0.5, 0.6) is 0 Å². The standard InChI is InChI=1S/C39H66ClN9Si/c1-25-22-28(34(44(10)11)37(47(16)17)31(25)41(4)5)50(40,29-23-26(2)32(42(6)7)38(48(18)19)35(29)45(12)13)30-24-27(3)33(43(8)9)39(49(20)21)36(30)46(14)15/h22-24H,1-21H3. The molecule has 0 bridgehead atoms. The van der Waals surface area contributed by atoms with E-state index in [0.29, 0.717) is 0 Å². The number of aryl methyl sites for hydroxylation is 3. The van der Waals surface area contributed by atoms with Crippen LogP contribution in [0.2, 0.25) is 0 Å². The molecule has 9 nitrogen and oxygen atoms in total. The Balaban J connectivity index is 2.98. The summed E-state index contributed by atoms with van der Waals surface area (Å²) in [4.78, 5) is 20.3. The van der Waals surface area contributed by atoms with Gasteiger partial charge in [-0.3, -0.25) is 0 Å². The van der Waals surface area contributed by atoms with E-state index in [4.69, 9.17) is 11.1 Å². The summed E-state index contributed by atoms with van der Waals surface area (Å²) in [5.74, 6) is 0. The van der Waals surface area contributed by atoms with Gasteiger partial charge in [-0.2, -0.15) is 0 Å². The van der Waals surface area contributed by atoms with E-state index < -0.39 is 7.38 Å². The number of hydrogen-bond donors (Lipinski definition) is 0. The van der Waals surface area contributed by atoms with E-state index in [1.807, 2.05) is 0 Å². The van der Waals surface area contributed by atoms with Gasteiger partial charge in [0.2, 0.25) is 0 Å². The molecule has 3 aromatic rings. The highest BCUT2D eigenvalue weighted by Crippen LogP contribution is 2.45. The largest absolute Gasteiger partial charge is 0.376 e. The summed E-state index contributed by atoms with van der Waals surface area (Å²) >= 11 is 8.97. The first-order valence-electron chi connectivity index (χ1n) is 17.2. The van der Waals surface area contributed by atoms with Crippen LogP contribution in [0.25, 0.3) is 0 Å². The third kappa shape index (κ3) is 6.85. The molecule has 0 aliphatic carbocycles. The third-order valence-corrected chi connectivity index (χ3v) is 14.7. The maximum Gasteiger partial charge on any atom is 0.254 e. The molecule has 3 aromatic carbocycles. The van der Waals surface area contributed by atoms with Gasteiger partial charge in [0, 0.05) is 127 Å². The Morgan fingerprint density at radius 1 is 0.300 bits per heavy atom. The van der Waals surface area contributed by atoms with E-state index in [-0.39, 0.29) is 0 Å². The summed E-state index contributed by atoms with van der Waals surface area (Å²) in [5.41, 5.74) is 14.1. The lowest BCUT2D eigenvalue weighted by atomic mass is 10.1. The molecule has 0 saturated heterocycles. The smallest absolute Gasteiger partial charge is 0.254 e. The van der Waals surface area contributed by atoms with Gasteiger partial charge in [0.1, 0.15) is 0 Å². The van der Waals surface area contributed by atoms with Crippen LogP contribution >= 0.6 is 11.1 Å². The highest BCUT2D eigenvalue weighted by Gasteiger charge is 2.48. The summed E-state index contributed by atoms with van der Waals surface area (Å²) in [6, 6.07) is 7.18. The molecule has 0 saturated carbocycles. The van der Waals surface area contributed by atoms with Gasteiger partial charge in [-0.1, -0.05) is 18.2 Å². The average Bonchev–Trinajstić information content (AvgIpc) is 2.97. The van der Waals surface area contributed by atoms with Crippen molar-refractivity contribution < 1.29 is 0 Å². The second-order valence-corrected chi connectivity index (χ2v) is 20.2. The Morgan fingerprint density at radius 3 is 0.600 bits per heavy atom. The average molecular weight is 725 g/mol. The van der Waals surface area contributed by atoms with Crippen molar-refractivity contribution in [1.82, 2.24) is 0 Å². The summed E-state index contributed by atoms with van der Waals surface area (Å²) in [5, 5.41) is 3.52. The number of rotatable bonds is 12. The van der Waals surface area contributed by atoms with E-state index in [2.05, 4.69) is 210 Å². The van der Waals surface area contributed by atoms with Crippen molar-refractivity contribution in [1.29, 1.82) is 0 Å². The first-order valence-corrected chi connectivity index (χ1v) is 20.2. The lowest BCUT2D eigenvalue weighted by Gasteiger charge is -2.42. The first-order chi connectivity index (χ1) is 22.9. The molecule has 0 aliphatic heterocycles. The van der Waals surface area contributed by atoms with Crippen LogP contribution in [0.15, 0.2) is 18.2 Å². The highest BCUT2D eigenvalue weighted by atomic mass is 35.6. The predicted molar refractivity (Wildman–Crippen MR) is 233 cm³/mol. The maximum absolute atomic E-state index is 8.97. The van der Waals surface area contributed by atoms with Crippen LogP contribution in [0, 0.1) is 20.8 Å². The Morgan fingerprint density at radius 2 is 0.460 bits per heavy atom. The van der Waals surface area contributed by atoms with Crippen molar-refractivity contribution in [3.05, 3.63) is 34.9 Å². The van der Waals surface area contributed by atoms with Gasteiger partial charge < -0.3 is 44.1 Å². The van der Waals surface area contributed by atoms with Gasteiger partial charge in [0.25, 0.3) is 7.38 Å². The van der Waals surface area contributed by atoms with Gasteiger partial charge >= 0.3 is 0 Å². The summed E-state index contributed by atoms with van der Waals surface area (Å²) in [6.45, 7) is 6.69. The molecule has 0 radical (unpaired) electrons. The molecule has 278 valence electrons. The molecule has 0 spiro atoms. The molecule has 0 atom stereocenters. The quantitative estimate of drug-likeness (QED) is 0.153. The highest BCUT2D eigenvalue weighted by molar-refractivity contribution is 7.41. The monoisotopic (exact) mass is 723 g/mol. The Bertz CT molecular complexity index is 1510. The van der Waals surface area contributed by atoms with Crippen LogP contribution in [0.3, 0.4) is 0 Å². The summed E-state index contributed by atoms with van der Waals surface area (Å²) in [7, 11) is 35.1. The van der Waals surface area contributed by atoms with Gasteiger partial charge in [-0.05, 0) is 53.0 Å². The fraction of sp³-hybridized carbons (Fsp3) is 0.538. The zero-order valence-corrected chi connectivity index (χ0v) is 36.9. The zero-order chi connectivity index (χ0) is 38.5. The molecular weight excluding hydrogens is 658 g/mol. The number of anilines is 9. The van der Waals surface area contributed by atoms with Crippen LogP contribution in [0.4, 0.5) is 51.2 Å². The van der Waals surface area contributed by atoms with E-state index in [1.54, 1.807) is 0 Å². The van der Waals surface area contributed by atoms with Gasteiger partial charge in [-0.15, -0.1) is 11.1 Å². The van der Waals surface area contributed by atoms with E-state index >= 15 is 0 Å².